The van der Waals surface area contributed by atoms with Crippen molar-refractivity contribution in [1.82, 2.24) is 0 Å². The molecule has 0 bridgehead atoms. The normalized spacial score (nSPS) is 45.3. The summed E-state index contributed by atoms with van der Waals surface area (Å²) >= 11 is 0. The molecule has 6 aliphatic rings. The zero-order chi connectivity index (χ0) is 45.9. The van der Waals surface area contributed by atoms with Crippen molar-refractivity contribution in [3.63, 3.8) is 0 Å². The van der Waals surface area contributed by atoms with E-state index >= 15 is 0 Å². The predicted molar refractivity (Wildman–Crippen MR) is 223 cm³/mol. The number of hydrogen-bond acceptors (Lipinski definition) is 15. The minimum Gasteiger partial charge on any atom is -0.463 e. The van der Waals surface area contributed by atoms with Crippen molar-refractivity contribution >= 4 is 17.9 Å². The van der Waals surface area contributed by atoms with Crippen molar-refractivity contribution < 1.29 is 73.1 Å². The van der Waals surface area contributed by atoms with Gasteiger partial charge in [0, 0.05) is 32.1 Å². The van der Waals surface area contributed by atoms with Crippen molar-refractivity contribution in [2.75, 3.05) is 13.2 Å². The van der Waals surface area contributed by atoms with Crippen molar-refractivity contribution in [2.45, 2.75) is 195 Å². The summed E-state index contributed by atoms with van der Waals surface area (Å²) in [6.45, 7) is 20.8. The summed E-state index contributed by atoms with van der Waals surface area (Å²) in [6.07, 6.45) is -3.82. The second kappa shape index (κ2) is 18.4. The molecule has 0 aromatic carbocycles. The molecule has 4 aliphatic carbocycles. The van der Waals surface area contributed by atoms with E-state index in [9.17, 15) is 39.9 Å². The third-order valence-corrected chi connectivity index (χ3v) is 16.3. The molecule has 62 heavy (non-hydrogen) atoms. The summed E-state index contributed by atoms with van der Waals surface area (Å²) in [4.78, 5) is 35.4. The first kappa shape index (κ1) is 49.0. The first-order valence-corrected chi connectivity index (χ1v) is 22.7. The topological polar surface area (TPSA) is 217 Å². The van der Waals surface area contributed by atoms with Crippen LogP contribution in [0, 0.1) is 45.3 Å². The maximum Gasteiger partial charge on any atom is 0.303 e. The number of aliphatic hydroxyl groups is 5. The Kier molecular flexibility index (Phi) is 14.6. The van der Waals surface area contributed by atoms with E-state index in [1.165, 1.54) is 26.3 Å². The van der Waals surface area contributed by atoms with Gasteiger partial charge in [-0.3, -0.25) is 14.4 Å². The van der Waals surface area contributed by atoms with Gasteiger partial charge in [0.25, 0.3) is 0 Å². The number of carbonyl (C=O) groups excluding carboxylic acids is 3. The Hall–Kier alpha value is -2.47. The van der Waals surface area contributed by atoms with Gasteiger partial charge in [0.1, 0.15) is 37.1 Å². The second-order valence-electron chi connectivity index (χ2n) is 20.9. The fraction of sp³-hybridized carbons (Fsp3) is 0.851. The van der Waals surface area contributed by atoms with Crippen LogP contribution in [0.5, 0.6) is 0 Å². The summed E-state index contributed by atoms with van der Waals surface area (Å²) in [7, 11) is 0. The lowest BCUT2D eigenvalue weighted by atomic mass is 9.38. The van der Waals surface area contributed by atoms with Crippen LogP contribution in [0.25, 0.3) is 0 Å². The zero-order valence-corrected chi connectivity index (χ0v) is 38.6. The Morgan fingerprint density at radius 2 is 1.47 bits per heavy atom. The number of fused-ring (bicyclic) bond motifs is 5. The van der Waals surface area contributed by atoms with Crippen LogP contribution >= 0.6 is 0 Å². The first-order chi connectivity index (χ1) is 28.9. The summed E-state index contributed by atoms with van der Waals surface area (Å²) < 4.78 is 41.2. The van der Waals surface area contributed by atoms with Crippen LogP contribution in [-0.2, 0) is 47.5 Å². The molecule has 0 spiro atoms. The monoisotopic (exact) mass is 879 g/mol. The molecule has 2 heterocycles. The molecule has 15 nitrogen and oxygen atoms in total. The first-order valence-electron chi connectivity index (χ1n) is 22.7. The highest BCUT2D eigenvalue weighted by Gasteiger charge is 2.72. The van der Waals surface area contributed by atoms with Crippen LogP contribution in [0.2, 0.25) is 0 Å². The van der Waals surface area contributed by atoms with Crippen LogP contribution in [0.3, 0.4) is 0 Å². The van der Waals surface area contributed by atoms with E-state index in [-0.39, 0.29) is 47.7 Å². The van der Waals surface area contributed by atoms with Gasteiger partial charge >= 0.3 is 17.9 Å². The Labute approximate surface area is 366 Å². The maximum atomic E-state index is 12.6. The molecular formula is C47H74O15. The van der Waals surface area contributed by atoms with E-state index in [2.05, 4.69) is 61.5 Å². The zero-order valence-electron chi connectivity index (χ0n) is 38.6. The molecular weight excluding hydrogens is 805 g/mol. The number of rotatable bonds is 12. The average Bonchev–Trinajstić information content (AvgIpc) is 3.40. The Morgan fingerprint density at radius 1 is 0.806 bits per heavy atom. The highest BCUT2D eigenvalue weighted by molar-refractivity contribution is 5.67. The molecule has 2 unspecified atom stereocenters. The van der Waals surface area contributed by atoms with Gasteiger partial charge in [0.2, 0.25) is 0 Å². The van der Waals surface area contributed by atoms with E-state index in [1.807, 2.05) is 6.08 Å². The van der Waals surface area contributed by atoms with Crippen LogP contribution in [0.4, 0.5) is 0 Å². The Morgan fingerprint density at radius 3 is 2.10 bits per heavy atom. The highest BCUT2D eigenvalue weighted by Crippen LogP contribution is 2.75. The van der Waals surface area contributed by atoms with Gasteiger partial charge in [0.05, 0.1) is 24.9 Å². The molecule has 3 saturated carbocycles. The number of aliphatic hydroxyl groups excluding tert-OH is 5. The number of allylic oxidation sites excluding steroid dienone is 2. The molecule has 0 aromatic rings. The standard InChI is InChI=1S/C47H74O15/c1-23(2)13-12-14-24(3)35-31(60-43-39(55)37(53)40(59-27(6)50)33(61-43)22-56-25(4)48)20-47(11)41-30(51)19-29-28(45(41,9)17-18-46(35,47)10)15-16-34(44(29,7)8)62-42-38(54)36(52)32(21-57-42)58-26(5)49/h13,19,24,28,30-43,51-55H,12,14-18,20-22H2,1-11H3/t24-,28+,30-,31+,32-,33-,34?,35+,36+,37-,38-,39-,40-,41?,42+,43-,45+,46-,47+/m1/s1. The lowest BCUT2D eigenvalue weighted by Crippen LogP contribution is -2.63. The summed E-state index contributed by atoms with van der Waals surface area (Å²) in [5.74, 6) is -1.81. The maximum absolute atomic E-state index is 12.6. The van der Waals surface area contributed by atoms with E-state index in [4.69, 9.17) is 33.2 Å². The van der Waals surface area contributed by atoms with Crippen molar-refractivity contribution in [3.8, 4) is 0 Å². The quantitative estimate of drug-likeness (QED) is 0.105. The smallest absolute Gasteiger partial charge is 0.303 e. The molecule has 15 heteroatoms. The number of esters is 3. The van der Waals surface area contributed by atoms with E-state index in [1.54, 1.807) is 0 Å². The minimum atomic E-state index is -1.58. The van der Waals surface area contributed by atoms with Crippen LogP contribution in [0.1, 0.15) is 121 Å². The predicted octanol–water partition coefficient (Wildman–Crippen LogP) is 4.28. The summed E-state index contributed by atoms with van der Waals surface area (Å²) in [5.41, 5.74) is 0.626. The molecule has 6 rings (SSSR count). The fourth-order valence-electron chi connectivity index (χ4n) is 13.2. The van der Waals surface area contributed by atoms with Gasteiger partial charge in [0.15, 0.2) is 24.8 Å². The lowest BCUT2D eigenvalue weighted by molar-refractivity contribution is -0.317. The molecule has 5 N–H and O–H groups in total. The summed E-state index contributed by atoms with van der Waals surface area (Å²) in [5, 5.41) is 57.2. The molecule has 19 atom stereocenters. The van der Waals surface area contributed by atoms with Crippen molar-refractivity contribution in [2.24, 2.45) is 45.3 Å². The minimum absolute atomic E-state index is 0.0375. The number of hydrogen-bond donors (Lipinski definition) is 5. The number of ether oxygens (including phenoxy) is 7. The van der Waals surface area contributed by atoms with Gasteiger partial charge in [-0.1, -0.05) is 64.8 Å². The molecule has 0 radical (unpaired) electrons. The largest absolute Gasteiger partial charge is 0.463 e. The summed E-state index contributed by atoms with van der Waals surface area (Å²) in [6, 6.07) is 0. The Balaban J connectivity index is 1.30. The third kappa shape index (κ3) is 8.92. The van der Waals surface area contributed by atoms with Gasteiger partial charge in [-0.15, -0.1) is 0 Å². The second-order valence-corrected chi connectivity index (χ2v) is 20.9. The van der Waals surface area contributed by atoms with Gasteiger partial charge in [-0.25, -0.2) is 0 Å². The molecule has 2 aliphatic heterocycles. The molecule has 2 saturated heterocycles. The number of carbonyl (C=O) groups is 3. The molecule has 352 valence electrons. The van der Waals surface area contributed by atoms with E-state index in [0.29, 0.717) is 12.8 Å². The van der Waals surface area contributed by atoms with Crippen LogP contribution in [0.15, 0.2) is 23.3 Å². The van der Waals surface area contributed by atoms with Gasteiger partial charge in [-0.2, -0.15) is 0 Å². The fourth-order valence-corrected chi connectivity index (χ4v) is 13.2. The van der Waals surface area contributed by atoms with E-state index in [0.717, 1.165) is 37.7 Å². The molecule has 5 fully saturated rings. The van der Waals surface area contributed by atoms with E-state index < -0.39 is 102 Å². The van der Waals surface area contributed by atoms with Crippen molar-refractivity contribution in [1.29, 1.82) is 0 Å². The molecule has 0 aromatic heterocycles. The third-order valence-electron chi connectivity index (χ3n) is 16.3. The average molecular weight is 879 g/mol. The lowest BCUT2D eigenvalue weighted by Gasteiger charge is -2.67. The van der Waals surface area contributed by atoms with Crippen molar-refractivity contribution in [3.05, 3.63) is 23.3 Å². The van der Waals surface area contributed by atoms with Gasteiger partial charge in [-0.05, 0) is 92.8 Å². The van der Waals surface area contributed by atoms with Crippen LogP contribution in [-0.4, -0.2) is 130 Å². The van der Waals surface area contributed by atoms with Gasteiger partial charge < -0.3 is 58.7 Å². The Bertz CT molecular complexity index is 1710. The van der Waals surface area contributed by atoms with Crippen LogP contribution < -0.4 is 0 Å². The SMILES string of the molecule is CC(=O)OC[C@H]1O[C@@H](O[C@H]2C[C@@]3(C)C4[C@H](O)C=C5[C@H](CCC(O[C@@H]6OC[C@@H](OC(C)=O)[C@H](O)[C@H]6O)C5(C)C)[C@]4(C)CC[C@]3(C)[C@H]2[C@H](C)CCC=C(C)C)[C@H](O)[C@@H](O)[C@@H]1OC(C)=O. The molecule has 0 amide bonds. The highest BCUT2D eigenvalue weighted by atomic mass is 16.7.